The molecule has 0 radical (unpaired) electrons. The predicted octanol–water partition coefficient (Wildman–Crippen LogP) is 4.35. The van der Waals surface area contributed by atoms with Crippen molar-refractivity contribution in [1.29, 1.82) is 0 Å². The van der Waals surface area contributed by atoms with Crippen LogP contribution in [0.4, 0.5) is 0 Å². The van der Waals surface area contributed by atoms with Crippen molar-refractivity contribution < 1.29 is 0 Å². The number of nitrogens with one attached hydrogen (secondary N) is 1. The van der Waals surface area contributed by atoms with Gasteiger partial charge in [0.1, 0.15) is 0 Å². The van der Waals surface area contributed by atoms with E-state index in [1.165, 1.54) is 57.9 Å². The van der Waals surface area contributed by atoms with Crippen molar-refractivity contribution in [3.63, 3.8) is 0 Å². The summed E-state index contributed by atoms with van der Waals surface area (Å²) < 4.78 is 0. The Morgan fingerprint density at radius 1 is 1.05 bits per heavy atom. The maximum absolute atomic E-state index is 4.05. The average molecular weight is 283 g/mol. The molecule has 21 heavy (non-hydrogen) atoms. The van der Waals surface area contributed by atoms with Crippen LogP contribution in [0.1, 0.15) is 56.6 Å². The first kappa shape index (κ1) is 13.8. The molecule has 0 saturated heterocycles. The third-order valence-electron chi connectivity index (χ3n) is 6.46. The van der Waals surface area contributed by atoms with Crippen molar-refractivity contribution in [3.8, 4) is 0 Å². The highest BCUT2D eigenvalue weighted by Crippen LogP contribution is 2.49. The van der Waals surface area contributed by atoms with Crippen LogP contribution in [0.25, 0.3) is 0 Å². The summed E-state index contributed by atoms with van der Waals surface area (Å²) in [7, 11) is 0. The zero-order valence-corrected chi connectivity index (χ0v) is 13.4. The van der Waals surface area contributed by atoms with E-state index in [-0.39, 0.29) is 0 Å². The van der Waals surface area contributed by atoms with Crippen LogP contribution >= 0.6 is 0 Å². The largest absolute Gasteiger partial charge is 0.313 e. The Morgan fingerprint density at radius 2 is 1.67 bits per heavy atom. The Hall–Kier alpha value is -0.820. The smallest absolute Gasteiger partial charge is 0.0130 e. The van der Waals surface area contributed by atoms with Crippen molar-refractivity contribution >= 4 is 0 Å². The maximum Gasteiger partial charge on any atom is 0.0130 e. The van der Waals surface area contributed by atoms with Crippen LogP contribution in [0.3, 0.4) is 0 Å². The summed E-state index contributed by atoms with van der Waals surface area (Å²) in [4.78, 5) is 0. The lowest BCUT2D eigenvalue weighted by atomic mass is 9.93. The van der Waals surface area contributed by atoms with Gasteiger partial charge < -0.3 is 5.32 Å². The first-order valence-corrected chi connectivity index (χ1v) is 9.10. The number of fused-ring (bicyclic) bond motifs is 3. The van der Waals surface area contributed by atoms with Gasteiger partial charge in [-0.2, -0.15) is 0 Å². The second kappa shape index (κ2) is 5.43. The van der Waals surface area contributed by atoms with Crippen molar-refractivity contribution in [1.82, 2.24) is 5.32 Å². The van der Waals surface area contributed by atoms with E-state index < -0.39 is 0 Å². The van der Waals surface area contributed by atoms with Gasteiger partial charge in [-0.1, -0.05) is 37.6 Å². The molecule has 0 aliphatic heterocycles. The fourth-order valence-corrected chi connectivity index (χ4v) is 5.04. The summed E-state index contributed by atoms with van der Waals surface area (Å²) in [5.74, 6) is 1.77. The first-order chi connectivity index (χ1) is 10.3. The Labute approximate surface area is 129 Å². The van der Waals surface area contributed by atoms with E-state index >= 15 is 0 Å². The molecule has 2 fully saturated rings. The molecule has 3 aliphatic rings. The van der Waals surface area contributed by atoms with Gasteiger partial charge in [-0.3, -0.25) is 0 Å². The summed E-state index contributed by atoms with van der Waals surface area (Å²) in [6, 6.07) is 9.97. The van der Waals surface area contributed by atoms with Crippen LogP contribution in [0.5, 0.6) is 0 Å². The van der Waals surface area contributed by atoms with Crippen LogP contribution in [0, 0.1) is 17.3 Å². The molecule has 2 unspecified atom stereocenters. The van der Waals surface area contributed by atoms with Crippen molar-refractivity contribution in [3.05, 3.63) is 35.4 Å². The highest BCUT2D eigenvalue weighted by molar-refractivity contribution is 5.30. The number of hydrogen-bond donors (Lipinski definition) is 1. The van der Waals surface area contributed by atoms with Gasteiger partial charge in [0.25, 0.3) is 0 Å². The average Bonchev–Trinajstić information content (AvgIpc) is 3.16. The Morgan fingerprint density at radius 3 is 2.19 bits per heavy atom. The molecule has 1 N–H and O–H groups in total. The van der Waals surface area contributed by atoms with Crippen LogP contribution < -0.4 is 5.32 Å². The fraction of sp³-hybridized carbons (Fsp3) is 0.700. The number of rotatable bonds is 5. The highest BCUT2D eigenvalue weighted by Gasteiger charge is 2.44. The molecular formula is C20H29N. The molecule has 1 aromatic rings. The van der Waals surface area contributed by atoms with Crippen LogP contribution in [-0.4, -0.2) is 12.6 Å². The molecule has 2 bridgehead atoms. The summed E-state index contributed by atoms with van der Waals surface area (Å²) in [6.07, 6.45) is 11.2. The van der Waals surface area contributed by atoms with E-state index in [1.807, 2.05) is 0 Å². The van der Waals surface area contributed by atoms with E-state index in [9.17, 15) is 0 Å². The molecule has 3 aliphatic carbocycles. The maximum atomic E-state index is 4.05. The Bertz CT molecular complexity index is 469. The minimum atomic E-state index is 0.688. The number of benzene rings is 1. The summed E-state index contributed by atoms with van der Waals surface area (Å²) in [5, 5.41) is 4.05. The van der Waals surface area contributed by atoms with E-state index in [0.29, 0.717) is 5.41 Å². The van der Waals surface area contributed by atoms with Gasteiger partial charge in [-0.05, 0) is 73.3 Å². The lowest BCUT2D eigenvalue weighted by molar-refractivity contribution is 0.302. The van der Waals surface area contributed by atoms with Crippen LogP contribution in [-0.2, 0) is 12.8 Å². The van der Waals surface area contributed by atoms with Gasteiger partial charge in [0, 0.05) is 12.6 Å². The van der Waals surface area contributed by atoms with E-state index in [0.717, 1.165) is 17.9 Å². The molecule has 4 rings (SSSR count). The molecule has 114 valence electrons. The van der Waals surface area contributed by atoms with Gasteiger partial charge in [0.2, 0.25) is 0 Å². The van der Waals surface area contributed by atoms with Crippen molar-refractivity contribution in [2.45, 2.75) is 64.3 Å². The quantitative estimate of drug-likeness (QED) is 0.847. The van der Waals surface area contributed by atoms with E-state index in [2.05, 4.69) is 36.5 Å². The molecule has 2 saturated carbocycles. The van der Waals surface area contributed by atoms with Gasteiger partial charge >= 0.3 is 0 Å². The minimum absolute atomic E-state index is 0.688. The molecule has 1 nitrogen and oxygen atoms in total. The summed E-state index contributed by atoms with van der Waals surface area (Å²) in [5.41, 5.74) is 3.95. The Kier molecular flexibility index (Phi) is 3.57. The van der Waals surface area contributed by atoms with E-state index in [4.69, 9.17) is 0 Å². The molecule has 0 heterocycles. The topological polar surface area (TPSA) is 12.0 Å². The molecule has 0 amide bonds. The lowest BCUT2D eigenvalue weighted by Crippen LogP contribution is -2.41. The normalized spacial score (nSPS) is 32.5. The van der Waals surface area contributed by atoms with Gasteiger partial charge in [-0.25, -0.2) is 0 Å². The van der Waals surface area contributed by atoms with Crippen LogP contribution in [0.2, 0.25) is 0 Å². The molecule has 1 heteroatoms. The summed E-state index contributed by atoms with van der Waals surface area (Å²) >= 11 is 0. The SMILES string of the molecule is CCCC1(CNC2C3CCC2Cc2ccccc2C3)CC1. The first-order valence-electron chi connectivity index (χ1n) is 9.10. The monoisotopic (exact) mass is 283 g/mol. The van der Waals surface area contributed by atoms with Crippen LogP contribution in [0.15, 0.2) is 24.3 Å². The highest BCUT2D eigenvalue weighted by atomic mass is 15.0. The van der Waals surface area contributed by atoms with Gasteiger partial charge in [0.05, 0.1) is 0 Å². The molecule has 1 aromatic carbocycles. The second-order valence-electron chi connectivity index (χ2n) is 7.93. The molecule has 0 spiro atoms. The van der Waals surface area contributed by atoms with Crippen molar-refractivity contribution in [2.75, 3.05) is 6.54 Å². The Balaban J connectivity index is 1.46. The van der Waals surface area contributed by atoms with Crippen molar-refractivity contribution in [2.24, 2.45) is 17.3 Å². The predicted molar refractivity (Wildman–Crippen MR) is 88.4 cm³/mol. The summed E-state index contributed by atoms with van der Waals surface area (Å²) in [6.45, 7) is 3.63. The lowest BCUT2D eigenvalue weighted by Gasteiger charge is -2.26. The molecule has 2 atom stereocenters. The second-order valence-corrected chi connectivity index (χ2v) is 7.93. The van der Waals surface area contributed by atoms with Gasteiger partial charge in [-0.15, -0.1) is 0 Å². The molecule has 0 aromatic heterocycles. The zero-order valence-electron chi connectivity index (χ0n) is 13.4. The third kappa shape index (κ3) is 2.65. The standard InChI is InChI=1S/C20H29N/c1-2-9-20(10-11-20)14-21-19-17-7-8-18(19)13-16-6-4-3-5-15(16)12-17/h3-6,17-19,21H,2,7-14H2,1H3. The minimum Gasteiger partial charge on any atom is -0.313 e. The van der Waals surface area contributed by atoms with E-state index in [1.54, 1.807) is 11.1 Å². The number of hydrogen-bond acceptors (Lipinski definition) is 1. The van der Waals surface area contributed by atoms with Gasteiger partial charge in [0.15, 0.2) is 0 Å². The fourth-order valence-electron chi connectivity index (χ4n) is 5.04. The third-order valence-corrected chi connectivity index (χ3v) is 6.46. The zero-order chi connectivity index (χ0) is 14.3. The molecular weight excluding hydrogens is 254 g/mol.